The first-order valence-electron chi connectivity index (χ1n) is 8.73. The number of Topliss-reactive ketones (excluding diaryl/α,β-unsaturated/α-hetero) is 1. The largest absolute Gasteiger partial charge is 0.507 e. The first kappa shape index (κ1) is 16.0. The van der Waals surface area contributed by atoms with E-state index in [4.69, 9.17) is 9.47 Å². The Morgan fingerprint density at radius 1 is 1.00 bits per heavy atom. The third kappa shape index (κ3) is 2.48. The van der Waals surface area contributed by atoms with Gasteiger partial charge in [-0.1, -0.05) is 18.6 Å². The Balaban J connectivity index is 1.84. The fourth-order valence-corrected chi connectivity index (χ4v) is 4.63. The number of benzene rings is 2. The maximum atomic E-state index is 13.3. The van der Waals surface area contributed by atoms with Crippen LogP contribution in [0.3, 0.4) is 0 Å². The van der Waals surface area contributed by atoms with Gasteiger partial charge in [0.15, 0.2) is 5.78 Å². The number of ether oxygens (including phenoxy) is 2. The van der Waals surface area contributed by atoms with Gasteiger partial charge in [-0.3, -0.25) is 4.79 Å². The summed E-state index contributed by atoms with van der Waals surface area (Å²) in [6.45, 7) is 0. The Labute approximate surface area is 147 Å². The summed E-state index contributed by atoms with van der Waals surface area (Å²) in [5.74, 6) is 1.80. The molecule has 130 valence electrons. The van der Waals surface area contributed by atoms with Gasteiger partial charge < -0.3 is 14.6 Å². The van der Waals surface area contributed by atoms with Crippen LogP contribution in [0.25, 0.3) is 0 Å². The van der Waals surface area contributed by atoms with E-state index in [0.717, 1.165) is 36.1 Å². The van der Waals surface area contributed by atoms with Gasteiger partial charge in [-0.2, -0.15) is 0 Å². The molecule has 0 aromatic heterocycles. The van der Waals surface area contributed by atoms with Crippen molar-refractivity contribution in [3.8, 4) is 17.2 Å². The molecule has 2 aromatic carbocycles. The van der Waals surface area contributed by atoms with Crippen molar-refractivity contribution in [2.45, 2.75) is 31.1 Å². The number of hydrogen-bond acceptors (Lipinski definition) is 4. The molecule has 4 heteroatoms. The summed E-state index contributed by atoms with van der Waals surface area (Å²) in [7, 11) is 3.22. The quantitative estimate of drug-likeness (QED) is 0.908. The molecular weight excluding hydrogens is 316 g/mol. The van der Waals surface area contributed by atoms with E-state index < -0.39 is 0 Å². The number of ketones is 1. The van der Waals surface area contributed by atoms with Crippen LogP contribution in [-0.4, -0.2) is 25.1 Å². The second-order valence-electron chi connectivity index (χ2n) is 6.93. The zero-order valence-corrected chi connectivity index (χ0v) is 14.5. The number of carbonyl (C=O) groups excluding carboxylic acids is 1. The zero-order chi connectivity index (χ0) is 17.6. The monoisotopic (exact) mass is 338 g/mol. The molecule has 0 heterocycles. The second kappa shape index (κ2) is 6.10. The highest BCUT2D eigenvalue weighted by Gasteiger charge is 2.46. The van der Waals surface area contributed by atoms with Gasteiger partial charge in [-0.25, -0.2) is 0 Å². The van der Waals surface area contributed by atoms with Crippen LogP contribution < -0.4 is 9.47 Å². The lowest BCUT2D eigenvalue weighted by molar-refractivity contribution is 0.0903. The molecule has 3 atom stereocenters. The minimum absolute atomic E-state index is 0.0171. The molecule has 0 radical (unpaired) electrons. The number of aromatic hydroxyl groups is 1. The minimum Gasteiger partial charge on any atom is -0.507 e. The van der Waals surface area contributed by atoms with Gasteiger partial charge in [0.1, 0.15) is 17.2 Å². The van der Waals surface area contributed by atoms with E-state index in [-0.39, 0.29) is 23.4 Å². The van der Waals surface area contributed by atoms with Gasteiger partial charge in [-0.05, 0) is 54.0 Å². The normalized spacial score (nSPS) is 24.6. The van der Waals surface area contributed by atoms with E-state index in [1.54, 1.807) is 14.2 Å². The number of carbonyl (C=O) groups is 1. The molecule has 2 aromatic rings. The molecule has 1 fully saturated rings. The molecule has 0 bridgehead atoms. The fourth-order valence-electron chi connectivity index (χ4n) is 4.63. The molecule has 4 rings (SSSR count). The molecule has 4 nitrogen and oxygen atoms in total. The fraction of sp³-hybridized carbons (Fsp3) is 0.381. The molecular formula is C21H22O4. The van der Waals surface area contributed by atoms with Crippen LogP contribution in [0.15, 0.2) is 36.4 Å². The predicted molar refractivity (Wildman–Crippen MR) is 94.8 cm³/mol. The van der Waals surface area contributed by atoms with Crippen molar-refractivity contribution < 1.29 is 19.4 Å². The van der Waals surface area contributed by atoms with Crippen molar-refractivity contribution in [2.24, 2.45) is 5.92 Å². The minimum atomic E-state index is -0.204. The van der Waals surface area contributed by atoms with Gasteiger partial charge in [0.25, 0.3) is 0 Å². The van der Waals surface area contributed by atoms with Crippen LogP contribution in [0, 0.1) is 5.92 Å². The number of phenolic OH excluding ortho intramolecular Hbond substituents is 1. The predicted octanol–water partition coefficient (Wildman–Crippen LogP) is 4.27. The zero-order valence-electron chi connectivity index (χ0n) is 14.5. The van der Waals surface area contributed by atoms with Gasteiger partial charge in [-0.15, -0.1) is 0 Å². The molecule has 2 aliphatic rings. The lowest BCUT2D eigenvalue weighted by atomic mass is 9.67. The number of rotatable bonds is 3. The Morgan fingerprint density at radius 2 is 1.72 bits per heavy atom. The molecule has 25 heavy (non-hydrogen) atoms. The number of phenols is 1. The first-order valence-corrected chi connectivity index (χ1v) is 8.73. The van der Waals surface area contributed by atoms with Crippen molar-refractivity contribution in [3.63, 3.8) is 0 Å². The summed E-state index contributed by atoms with van der Waals surface area (Å²) in [5.41, 5.74) is 2.43. The van der Waals surface area contributed by atoms with E-state index in [1.807, 2.05) is 30.3 Å². The van der Waals surface area contributed by atoms with Gasteiger partial charge in [0.2, 0.25) is 0 Å². The maximum Gasteiger partial charge on any atom is 0.174 e. The van der Waals surface area contributed by atoms with Crippen LogP contribution in [0.1, 0.15) is 52.6 Å². The van der Waals surface area contributed by atoms with Crippen molar-refractivity contribution in [2.75, 3.05) is 14.2 Å². The van der Waals surface area contributed by atoms with Crippen molar-refractivity contribution in [1.82, 2.24) is 0 Å². The third-order valence-electron chi connectivity index (χ3n) is 5.76. The molecule has 0 saturated heterocycles. The SMILES string of the molecule is COc1ccc(C2C(=O)c3c(O)cc(OC)cc3[C@@H]3CCC[C@H]23)cc1. The summed E-state index contributed by atoms with van der Waals surface area (Å²) < 4.78 is 10.5. The van der Waals surface area contributed by atoms with E-state index in [2.05, 4.69) is 0 Å². The summed E-state index contributed by atoms with van der Waals surface area (Å²) >= 11 is 0. The molecule has 0 spiro atoms. The van der Waals surface area contributed by atoms with Crippen LogP contribution >= 0.6 is 0 Å². The van der Waals surface area contributed by atoms with Crippen LogP contribution in [0.2, 0.25) is 0 Å². The summed E-state index contributed by atoms with van der Waals surface area (Å²) in [6.07, 6.45) is 3.18. The Hall–Kier alpha value is -2.49. The van der Waals surface area contributed by atoms with E-state index in [1.165, 1.54) is 6.07 Å². The summed E-state index contributed by atoms with van der Waals surface area (Å²) in [4.78, 5) is 13.3. The number of methoxy groups -OCH3 is 2. The topological polar surface area (TPSA) is 55.8 Å². The van der Waals surface area contributed by atoms with Gasteiger partial charge in [0.05, 0.1) is 25.7 Å². The molecule has 1 unspecified atom stereocenters. The van der Waals surface area contributed by atoms with Gasteiger partial charge in [0, 0.05) is 6.07 Å². The average molecular weight is 338 g/mol. The third-order valence-corrected chi connectivity index (χ3v) is 5.76. The Morgan fingerprint density at radius 3 is 2.40 bits per heavy atom. The van der Waals surface area contributed by atoms with Crippen LogP contribution in [0.4, 0.5) is 0 Å². The molecule has 0 amide bonds. The maximum absolute atomic E-state index is 13.3. The van der Waals surface area contributed by atoms with Crippen molar-refractivity contribution in [1.29, 1.82) is 0 Å². The van der Waals surface area contributed by atoms with E-state index >= 15 is 0 Å². The smallest absolute Gasteiger partial charge is 0.174 e. The molecule has 1 N–H and O–H groups in total. The van der Waals surface area contributed by atoms with Crippen molar-refractivity contribution >= 4 is 5.78 Å². The number of hydrogen-bond donors (Lipinski definition) is 1. The lowest BCUT2D eigenvalue weighted by Gasteiger charge is -2.35. The van der Waals surface area contributed by atoms with Gasteiger partial charge >= 0.3 is 0 Å². The highest BCUT2D eigenvalue weighted by atomic mass is 16.5. The van der Waals surface area contributed by atoms with Crippen molar-refractivity contribution in [3.05, 3.63) is 53.1 Å². The highest BCUT2D eigenvalue weighted by molar-refractivity contribution is 6.06. The standard InChI is InChI=1S/C21H22O4/c1-24-13-8-6-12(7-9-13)19-16-5-3-4-15(16)17-10-14(25-2)11-18(22)20(17)21(19)23/h6-11,15-16,19,22H,3-5H2,1-2H3/t15-,16+,19?/m1/s1. The number of fused-ring (bicyclic) bond motifs is 3. The summed E-state index contributed by atoms with van der Waals surface area (Å²) in [5, 5.41) is 10.5. The van der Waals surface area contributed by atoms with Crippen LogP contribution in [-0.2, 0) is 0 Å². The molecule has 2 aliphatic carbocycles. The molecule has 1 saturated carbocycles. The Bertz CT molecular complexity index is 809. The molecule has 0 aliphatic heterocycles. The van der Waals surface area contributed by atoms with Crippen LogP contribution in [0.5, 0.6) is 17.2 Å². The van der Waals surface area contributed by atoms with E-state index in [9.17, 15) is 9.90 Å². The second-order valence-corrected chi connectivity index (χ2v) is 6.93. The lowest BCUT2D eigenvalue weighted by Crippen LogP contribution is -2.30. The Kier molecular flexibility index (Phi) is 3.91. The van der Waals surface area contributed by atoms with E-state index in [0.29, 0.717) is 17.2 Å². The highest BCUT2D eigenvalue weighted by Crippen LogP contribution is 2.54. The summed E-state index contributed by atoms with van der Waals surface area (Å²) in [6, 6.07) is 11.2. The average Bonchev–Trinajstić information content (AvgIpc) is 3.11. The first-order chi connectivity index (χ1) is 12.1.